The van der Waals surface area contributed by atoms with Gasteiger partial charge >= 0.3 is 5.97 Å². The van der Waals surface area contributed by atoms with Gasteiger partial charge in [-0.2, -0.15) is 0 Å². The van der Waals surface area contributed by atoms with Crippen LogP contribution in [0.4, 0.5) is 0 Å². The highest BCUT2D eigenvalue weighted by molar-refractivity contribution is 6.43. The van der Waals surface area contributed by atoms with Crippen molar-refractivity contribution in [2.75, 3.05) is 0 Å². The zero-order valence-electron chi connectivity index (χ0n) is 15.6. The Balaban J connectivity index is 1.65. The maximum Gasteiger partial charge on any atom is 0.302 e. The smallest absolute Gasteiger partial charge is 0.302 e. The lowest BCUT2D eigenvalue weighted by atomic mass is 9.47. The minimum atomic E-state index is -0.146. The molecule has 0 aromatic heterocycles. The van der Waals surface area contributed by atoms with Gasteiger partial charge in [0, 0.05) is 18.8 Å². The Morgan fingerprint density at radius 1 is 1.08 bits per heavy atom. The molecule has 0 saturated heterocycles. The molecule has 0 spiro atoms. The van der Waals surface area contributed by atoms with Gasteiger partial charge in [-0.1, -0.05) is 25.4 Å². The summed E-state index contributed by atoms with van der Waals surface area (Å²) in [4.78, 5) is 23.6. The highest BCUT2D eigenvalue weighted by Gasteiger charge is 2.60. The predicted molar refractivity (Wildman–Crippen MR) is 97.1 cm³/mol. The van der Waals surface area contributed by atoms with Crippen LogP contribution in [0.2, 0.25) is 0 Å². The second kappa shape index (κ2) is 5.84. The molecule has 3 nitrogen and oxygen atoms in total. The number of carbonyl (C=O) groups excluding carboxylic acids is 2. The Morgan fingerprint density at radius 3 is 2.56 bits per heavy atom. The van der Waals surface area contributed by atoms with Gasteiger partial charge in [-0.05, 0) is 73.7 Å². The number of allylic oxidation sites excluding steroid dienone is 1. The second-order valence-electron chi connectivity index (χ2n) is 9.27. The normalized spacial score (nSPS) is 46.3. The number of hydrogen-bond donors (Lipinski definition) is 0. The summed E-state index contributed by atoms with van der Waals surface area (Å²) >= 11 is 6.45. The molecule has 0 radical (unpaired) electrons. The van der Waals surface area contributed by atoms with Crippen LogP contribution in [0.1, 0.15) is 72.1 Å². The lowest BCUT2D eigenvalue weighted by molar-refractivity contribution is -0.157. The molecule has 3 fully saturated rings. The van der Waals surface area contributed by atoms with E-state index in [1.54, 1.807) is 0 Å². The van der Waals surface area contributed by atoms with E-state index in [4.69, 9.17) is 16.3 Å². The minimum Gasteiger partial charge on any atom is -0.462 e. The number of fused-ring (bicyclic) bond motifs is 5. The molecule has 0 aromatic carbocycles. The van der Waals surface area contributed by atoms with Crippen molar-refractivity contribution in [3.05, 3.63) is 10.6 Å². The van der Waals surface area contributed by atoms with Crippen molar-refractivity contribution in [2.45, 2.75) is 78.2 Å². The first-order valence-corrected chi connectivity index (χ1v) is 10.2. The molecule has 0 aromatic rings. The van der Waals surface area contributed by atoms with Crippen LogP contribution in [0, 0.1) is 28.6 Å². The van der Waals surface area contributed by atoms with E-state index in [1.807, 2.05) is 0 Å². The third kappa shape index (κ3) is 2.44. The van der Waals surface area contributed by atoms with Gasteiger partial charge in [0.15, 0.2) is 5.78 Å². The highest BCUT2D eigenvalue weighted by atomic mass is 35.5. The molecular formula is C21H29ClO3. The van der Waals surface area contributed by atoms with Crippen molar-refractivity contribution in [3.63, 3.8) is 0 Å². The van der Waals surface area contributed by atoms with Crippen LogP contribution < -0.4 is 0 Å². The van der Waals surface area contributed by atoms with Crippen molar-refractivity contribution >= 4 is 23.4 Å². The number of esters is 1. The quantitative estimate of drug-likeness (QED) is 0.614. The van der Waals surface area contributed by atoms with Gasteiger partial charge < -0.3 is 4.74 Å². The van der Waals surface area contributed by atoms with Crippen LogP contribution in [-0.4, -0.2) is 17.9 Å². The molecule has 3 saturated carbocycles. The van der Waals surface area contributed by atoms with Crippen molar-refractivity contribution in [3.8, 4) is 0 Å². The molecule has 0 heterocycles. The van der Waals surface area contributed by atoms with Gasteiger partial charge in [0.05, 0.1) is 5.03 Å². The summed E-state index contributed by atoms with van der Waals surface area (Å²) in [6.45, 7) is 6.23. The zero-order valence-corrected chi connectivity index (χ0v) is 16.3. The van der Waals surface area contributed by atoms with E-state index in [2.05, 4.69) is 13.8 Å². The summed E-state index contributed by atoms with van der Waals surface area (Å²) in [5.74, 6) is 1.92. The lowest BCUT2D eigenvalue weighted by Gasteiger charge is -2.58. The average molecular weight is 365 g/mol. The van der Waals surface area contributed by atoms with Gasteiger partial charge in [-0.3, -0.25) is 9.59 Å². The molecule has 0 bridgehead atoms. The molecule has 25 heavy (non-hydrogen) atoms. The minimum absolute atomic E-state index is 0.0808. The summed E-state index contributed by atoms with van der Waals surface area (Å²) in [7, 11) is 0. The first-order chi connectivity index (χ1) is 11.8. The molecule has 4 rings (SSSR count). The molecule has 0 unspecified atom stereocenters. The topological polar surface area (TPSA) is 43.4 Å². The Bertz CT molecular complexity index is 654. The van der Waals surface area contributed by atoms with E-state index in [9.17, 15) is 9.59 Å². The van der Waals surface area contributed by atoms with Crippen molar-refractivity contribution in [2.24, 2.45) is 28.6 Å². The Kier molecular flexibility index (Phi) is 4.10. The number of carbonyl (C=O) groups is 2. The van der Waals surface area contributed by atoms with E-state index in [1.165, 1.54) is 12.5 Å². The Hall–Kier alpha value is -0.830. The first kappa shape index (κ1) is 17.6. The summed E-state index contributed by atoms with van der Waals surface area (Å²) < 4.78 is 5.71. The van der Waals surface area contributed by atoms with Crippen LogP contribution in [0.15, 0.2) is 10.6 Å². The number of rotatable bonds is 1. The van der Waals surface area contributed by atoms with Crippen LogP contribution in [0.25, 0.3) is 0 Å². The van der Waals surface area contributed by atoms with E-state index in [0.717, 1.165) is 44.9 Å². The van der Waals surface area contributed by atoms with Crippen LogP contribution in [0.5, 0.6) is 0 Å². The SMILES string of the molecule is CC(=O)O[C@@H]1CC[C@H]2[C@@H]3CCC4=C(Cl)C(=O)CC[C@]4(C)[C@H]3CC[C@]12C. The van der Waals surface area contributed by atoms with Gasteiger partial charge in [-0.25, -0.2) is 0 Å². The molecule has 0 N–H and O–H groups in total. The molecule has 6 atom stereocenters. The molecule has 0 aliphatic heterocycles. The molecule has 4 heteroatoms. The van der Waals surface area contributed by atoms with Crippen molar-refractivity contribution in [1.82, 2.24) is 0 Å². The maximum atomic E-state index is 12.1. The summed E-state index contributed by atoms with van der Waals surface area (Å²) in [6, 6.07) is 0. The zero-order chi connectivity index (χ0) is 18.0. The second-order valence-corrected chi connectivity index (χ2v) is 9.65. The monoisotopic (exact) mass is 364 g/mol. The van der Waals surface area contributed by atoms with Gasteiger partial charge in [0.25, 0.3) is 0 Å². The first-order valence-electron chi connectivity index (χ1n) is 9.87. The molecule has 138 valence electrons. The van der Waals surface area contributed by atoms with Crippen LogP contribution in [-0.2, 0) is 14.3 Å². The number of halogens is 1. The van der Waals surface area contributed by atoms with E-state index < -0.39 is 0 Å². The van der Waals surface area contributed by atoms with Gasteiger partial charge in [0.2, 0.25) is 0 Å². The Labute approximate surface area is 155 Å². The number of Topliss-reactive ketones (excluding diaryl/α,β-unsaturated/α-hetero) is 1. The Morgan fingerprint density at radius 2 is 1.84 bits per heavy atom. The maximum absolute atomic E-state index is 12.1. The van der Waals surface area contributed by atoms with Gasteiger partial charge in [-0.15, -0.1) is 0 Å². The molecule has 0 amide bonds. The fraction of sp³-hybridized carbons (Fsp3) is 0.810. The summed E-state index contributed by atoms with van der Waals surface area (Å²) in [5, 5.41) is 0.546. The predicted octanol–water partition coefficient (Wildman–Crippen LogP) is 5.02. The highest BCUT2D eigenvalue weighted by Crippen LogP contribution is 2.66. The lowest BCUT2D eigenvalue weighted by Crippen LogP contribution is -2.52. The summed E-state index contributed by atoms with van der Waals surface area (Å²) in [6.07, 6.45) is 8.17. The third-order valence-electron chi connectivity index (χ3n) is 8.27. The standard InChI is InChI=1S/C21H29ClO3/c1-12(23)25-18-7-6-14-13-4-5-16-19(22)17(24)9-11-20(16,2)15(13)8-10-21(14,18)3/h13-15,18H,4-11H2,1-3H3/t13-,14-,15-,18+,20+,21-/m0/s1. The third-order valence-corrected chi connectivity index (χ3v) is 8.71. The fourth-order valence-corrected chi connectivity index (χ4v) is 7.40. The van der Waals surface area contributed by atoms with E-state index in [-0.39, 0.29) is 28.7 Å². The van der Waals surface area contributed by atoms with Crippen LogP contribution >= 0.6 is 11.6 Å². The molecule has 4 aliphatic rings. The average Bonchev–Trinajstić information content (AvgIpc) is 2.88. The van der Waals surface area contributed by atoms with E-state index in [0.29, 0.717) is 29.2 Å². The molecule has 4 aliphatic carbocycles. The number of ether oxygens (including phenoxy) is 1. The van der Waals surface area contributed by atoms with Crippen LogP contribution in [0.3, 0.4) is 0 Å². The van der Waals surface area contributed by atoms with Crippen molar-refractivity contribution in [1.29, 1.82) is 0 Å². The van der Waals surface area contributed by atoms with E-state index >= 15 is 0 Å². The number of hydrogen-bond acceptors (Lipinski definition) is 3. The molecular weight excluding hydrogens is 336 g/mol. The largest absolute Gasteiger partial charge is 0.462 e. The fourth-order valence-electron chi connectivity index (χ4n) is 7.00. The van der Waals surface area contributed by atoms with Crippen molar-refractivity contribution < 1.29 is 14.3 Å². The number of ketones is 1. The van der Waals surface area contributed by atoms with Gasteiger partial charge in [0.1, 0.15) is 6.10 Å². The summed E-state index contributed by atoms with van der Waals surface area (Å²) in [5.41, 5.74) is 1.46.